The molecule has 1 rings (SSSR count). The highest BCUT2D eigenvalue weighted by Gasteiger charge is 1.96. The summed E-state index contributed by atoms with van der Waals surface area (Å²) in [4.78, 5) is 7.72. The van der Waals surface area contributed by atoms with Gasteiger partial charge in [-0.2, -0.15) is 5.10 Å². The van der Waals surface area contributed by atoms with E-state index in [9.17, 15) is 0 Å². The normalized spacial score (nSPS) is 11.3. The fourth-order valence-electron chi connectivity index (χ4n) is 0.678. The highest BCUT2D eigenvalue weighted by Crippen LogP contribution is 1.82. The summed E-state index contributed by atoms with van der Waals surface area (Å²) in [7, 11) is 1.63. The number of nitrogens with one attached hydrogen (secondary N) is 3. The van der Waals surface area contributed by atoms with Gasteiger partial charge in [-0.15, -0.1) is 0 Å². The fraction of sp³-hybridized carbons (Fsp3) is 0.400. The number of H-pyrrole nitrogens is 1. The maximum Gasteiger partial charge on any atom is 0.205 e. The molecule has 0 amide bonds. The van der Waals surface area contributed by atoms with Gasteiger partial charge < -0.3 is 5.32 Å². The van der Waals surface area contributed by atoms with Gasteiger partial charge in [0.05, 0.1) is 6.54 Å². The van der Waals surface area contributed by atoms with E-state index in [1.807, 2.05) is 0 Å². The Hall–Kier alpha value is -1.63. The van der Waals surface area contributed by atoms with Gasteiger partial charge in [-0.25, -0.2) is 10.8 Å². The van der Waals surface area contributed by atoms with Crippen LogP contribution < -0.4 is 16.6 Å². The lowest BCUT2D eigenvalue weighted by Crippen LogP contribution is -2.41. The Labute approximate surface area is 69.4 Å². The number of nitrogens with two attached hydrogens (primary N) is 1. The standard InChI is InChI=1S/C5H11N7/c1-7-5(11-6)8-2-4-9-3-10-12-4/h3H,2,6H2,1H3,(H2,7,8,11)(H,9,10,12). The van der Waals surface area contributed by atoms with E-state index in [0.717, 1.165) is 5.82 Å². The van der Waals surface area contributed by atoms with Crippen molar-refractivity contribution in [2.24, 2.45) is 10.8 Å². The molecule has 0 radical (unpaired) electrons. The van der Waals surface area contributed by atoms with Gasteiger partial charge in [0.25, 0.3) is 0 Å². The third-order valence-electron chi connectivity index (χ3n) is 1.25. The summed E-state index contributed by atoms with van der Waals surface area (Å²) < 4.78 is 0. The van der Waals surface area contributed by atoms with Crippen LogP contribution in [0.15, 0.2) is 11.3 Å². The SMILES string of the molecule is CN=C(NN)NCc1ncn[nH]1. The first-order valence-electron chi connectivity index (χ1n) is 3.38. The van der Waals surface area contributed by atoms with Crippen molar-refractivity contribution in [3.63, 3.8) is 0 Å². The van der Waals surface area contributed by atoms with Crippen molar-refractivity contribution in [1.82, 2.24) is 25.9 Å². The van der Waals surface area contributed by atoms with Crippen molar-refractivity contribution in [3.05, 3.63) is 12.2 Å². The van der Waals surface area contributed by atoms with Crippen LogP contribution in [0.3, 0.4) is 0 Å². The first-order valence-corrected chi connectivity index (χ1v) is 3.38. The smallest absolute Gasteiger partial charge is 0.205 e. The number of nitrogens with zero attached hydrogens (tertiary/aromatic N) is 3. The first-order chi connectivity index (χ1) is 5.86. The number of aliphatic imine (C=N–C) groups is 1. The maximum absolute atomic E-state index is 5.13. The minimum absolute atomic E-state index is 0.506. The Morgan fingerprint density at radius 2 is 2.67 bits per heavy atom. The molecule has 0 aliphatic heterocycles. The molecule has 0 fully saturated rings. The molecule has 1 aromatic heterocycles. The first kappa shape index (κ1) is 8.47. The molecule has 0 aromatic carbocycles. The molecule has 12 heavy (non-hydrogen) atoms. The van der Waals surface area contributed by atoms with Gasteiger partial charge in [0.15, 0.2) is 0 Å². The van der Waals surface area contributed by atoms with E-state index in [2.05, 4.69) is 30.9 Å². The molecule has 0 aliphatic rings. The third kappa shape index (κ3) is 2.20. The summed E-state index contributed by atoms with van der Waals surface area (Å²) in [6, 6.07) is 0. The maximum atomic E-state index is 5.13. The number of hydrogen-bond acceptors (Lipinski definition) is 4. The van der Waals surface area contributed by atoms with Crippen LogP contribution in [0.25, 0.3) is 0 Å². The van der Waals surface area contributed by atoms with Crippen LogP contribution in [0.2, 0.25) is 0 Å². The van der Waals surface area contributed by atoms with Gasteiger partial charge in [0, 0.05) is 7.05 Å². The van der Waals surface area contributed by atoms with E-state index in [1.54, 1.807) is 7.05 Å². The van der Waals surface area contributed by atoms with Crippen LogP contribution in [0, 0.1) is 0 Å². The van der Waals surface area contributed by atoms with E-state index in [1.165, 1.54) is 6.33 Å². The van der Waals surface area contributed by atoms with Gasteiger partial charge in [-0.3, -0.25) is 15.5 Å². The van der Waals surface area contributed by atoms with Crippen molar-refractivity contribution in [3.8, 4) is 0 Å². The molecule has 0 saturated heterocycles. The molecule has 0 atom stereocenters. The Kier molecular flexibility index (Phi) is 3.03. The number of guanidine groups is 1. The molecule has 0 spiro atoms. The molecular weight excluding hydrogens is 158 g/mol. The molecule has 66 valence electrons. The van der Waals surface area contributed by atoms with Gasteiger partial charge in [-0.05, 0) is 0 Å². The summed E-state index contributed by atoms with van der Waals surface area (Å²) >= 11 is 0. The highest BCUT2D eigenvalue weighted by atomic mass is 15.3. The van der Waals surface area contributed by atoms with Crippen molar-refractivity contribution >= 4 is 5.96 Å². The fourth-order valence-corrected chi connectivity index (χ4v) is 0.678. The van der Waals surface area contributed by atoms with Crippen LogP contribution in [0.5, 0.6) is 0 Å². The van der Waals surface area contributed by atoms with Gasteiger partial charge >= 0.3 is 0 Å². The number of hydrogen-bond donors (Lipinski definition) is 4. The number of rotatable bonds is 2. The van der Waals surface area contributed by atoms with Crippen LogP contribution in [0.4, 0.5) is 0 Å². The lowest BCUT2D eigenvalue weighted by atomic mass is 10.6. The molecule has 0 unspecified atom stereocenters. The average molecular weight is 169 g/mol. The van der Waals surface area contributed by atoms with E-state index < -0.39 is 0 Å². The second-order valence-electron chi connectivity index (χ2n) is 2.00. The Morgan fingerprint density at radius 1 is 1.83 bits per heavy atom. The van der Waals surface area contributed by atoms with Crippen molar-refractivity contribution < 1.29 is 0 Å². The van der Waals surface area contributed by atoms with Crippen molar-refractivity contribution in [1.29, 1.82) is 0 Å². The molecule has 7 heteroatoms. The zero-order valence-electron chi connectivity index (χ0n) is 6.70. The van der Waals surface area contributed by atoms with Crippen LogP contribution in [0.1, 0.15) is 5.82 Å². The summed E-state index contributed by atoms with van der Waals surface area (Å²) in [5.74, 6) is 6.37. The van der Waals surface area contributed by atoms with E-state index in [-0.39, 0.29) is 0 Å². The zero-order valence-corrected chi connectivity index (χ0v) is 6.70. The van der Waals surface area contributed by atoms with Crippen LogP contribution >= 0.6 is 0 Å². The van der Waals surface area contributed by atoms with Crippen molar-refractivity contribution in [2.75, 3.05) is 7.05 Å². The molecule has 0 saturated carbocycles. The topological polar surface area (TPSA) is 104 Å². The lowest BCUT2D eigenvalue weighted by molar-refractivity contribution is 0.792. The summed E-state index contributed by atoms with van der Waals surface area (Å²) in [5, 5.41) is 9.28. The minimum atomic E-state index is 0.506. The molecule has 0 aliphatic carbocycles. The zero-order chi connectivity index (χ0) is 8.81. The summed E-state index contributed by atoms with van der Waals surface area (Å²) in [6.07, 6.45) is 1.44. The van der Waals surface area contributed by atoms with Crippen molar-refractivity contribution in [2.45, 2.75) is 6.54 Å². The Bertz CT molecular complexity index is 238. The van der Waals surface area contributed by atoms with E-state index in [4.69, 9.17) is 5.84 Å². The average Bonchev–Trinajstić information content (AvgIpc) is 2.59. The number of aromatic nitrogens is 3. The molecule has 7 nitrogen and oxygen atoms in total. The predicted molar refractivity (Wildman–Crippen MR) is 43.9 cm³/mol. The largest absolute Gasteiger partial charge is 0.348 e. The molecular formula is C5H11N7. The number of hydrazine groups is 1. The van der Waals surface area contributed by atoms with Crippen LogP contribution in [-0.4, -0.2) is 28.2 Å². The Balaban J connectivity index is 2.35. The summed E-state index contributed by atoms with van der Waals surface area (Å²) in [5.41, 5.74) is 2.39. The molecule has 5 N–H and O–H groups in total. The molecule has 1 heterocycles. The Morgan fingerprint density at radius 3 is 3.17 bits per heavy atom. The van der Waals surface area contributed by atoms with Gasteiger partial charge in [0.1, 0.15) is 12.2 Å². The van der Waals surface area contributed by atoms with E-state index in [0.29, 0.717) is 12.5 Å². The highest BCUT2D eigenvalue weighted by molar-refractivity contribution is 5.78. The number of aromatic amines is 1. The molecule has 0 bridgehead atoms. The minimum Gasteiger partial charge on any atom is -0.348 e. The monoisotopic (exact) mass is 169 g/mol. The second-order valence-corrected chi connectivity index (χ2v) is 2.00. The predicted octanol–water partition coefficient (Wildman–Crippen LogP) is -1.66. The quantitative estimate of drug-likeness (QED) is 0.184. The lowest BCUT2D eigenvalue weighted by Gasteiger charge is -2.04. The van der Waals surface area contributed by atoms with E-state index >= 15 is 0 Å². The van der Waals surface area contributed by atoms with Gasteiger partial charge in [-0.1, -0.05) is 0 Å². The third-order valence-corrected chi connectivity index (χ3v) is 1.25. The van der Waals surface area contributed by atoms with Gasteiger partial charge in [0.2, 0.25) is 5.96 Å². The second kappa shape index (κ2) is 4.29. The summed E-state index contributed by atoms with van der Waals surface area (Å²) in [6.45, 7) is 0.511. The van der Waals surface area contributed by atoms with Crippen LogP contribution in [-0.2, 0) is 6.54 Å². The molecule has 1 aromatic rings.